The summed E-state index contributed by atoms with van der Waals surface area (Å²) in [7, 11) is -2.22. The van der Waals surface area contributed by atoms with E-state index in [4.69, 9.17) is 17.7 Å². The van der Waals surface area contributed by atoms with Gasteiger partial charge in [-0.25, -0.2) is 0 Å². The largest absolute Gasteiger partial charge is 0.728 e. The maximum atomic E-state index is 5.47. The fourth-order valence-electron chi connectivity index (χ4n) is 0.916. The molecule has 0 aliphatic rings. The zero-order valence-electron chi connectivity index (χ0n) is 13.2. The summed E-state index contributed by atoms with van der Waals surface area (Å²) in [5.41, 5.74) is 1.52. The highest BCUT2D eigenvalue weighted by Gasteiger charge is 2.45. The second-order valence-electron chi connectivity index (χ2n) is 4.13. The van der Waals surface area contributed by atoms with Crippen molar-refractivity contribution in [1.82, 2.24) is 0 Å². The maximum Gasteiger partial charge on any atom is 0.728 e. The van der Waals surface area contributed by atoms with E-state index in [-0.39, 0.29) is 0 Å². The molecule has 0 radical (unpaired) electrons. The molecule has 0 aromatic rings. The van der Waals surface area contributed by atoms with Gasteiger partial charge < -0.3 is 17.7 Å². The first-order chi connectivity index (χ1) is 9.08. The Hall–Kier alpha value is -1.67. The highest BCUT2D eigenvalue weighted by Crippen LogP contribution is 2.20. The fourth-order valence-corrected chi connectivity index (χ4v) is 2.75. The fraction of sp³-hybridized carbons (Fsp3) is 0.286. The summed E-state index contributed by atoms with van der Waals surface area (Å²) in [5, 5.41) is 0. The number of rotatable bonds is 8. The van der Waals surface area contributed by atoms with E-state index >= 15 is 0 Å². The molecule has 6 heteroatoms. The van der Waals surface area contributed by atoms with Gasteiger partial charge in [0.05, 0.1) is 23.0 Å². The Balaban J connectivity index is 0. The zero-order chi connectivity index (χ0) is 16.3. The van der Waals surface area contributed by atoms with E-state index in [1.54, 1.807) is 20.8 Å². The Labute approximate surface area is 127 Å². The number of hydrogen-bond acceptors (Lipinski definition) is 4. The van der Waals surface area contributed by atoms with Crippen molar-refractivity contribution in [2.75, 3.05) is 0 Å². The average Bonchev–Trinajstić information content (AvgIpc) is 2.26. The van der Waals surface area contributed by atoms with Crippen LogP contribution in [-0.2, 0) is 17.7 Å². The van der Waals surface area contributed by atoms with Crippen molar-refractivity contribution in [3.8, 4) is 0 Å². The third kappa shape index (κ3) is 11.4. The van der Waals surface area contributed by atoms with Gasteiger partial charge in [-0.1, -0.05) is 32.9 Å². The smallest absolute Gasteiger partial charge is 0.557 e. The summed E-state index contributed by atoms with van der Waals surface area (Å²) in [4.78, 5) is 0. The van der Waals surface area contributed by atoms with Crippen molar-refractivity contribution in [2.45, 2.75) is 27.7 Å². The van der Waals surface area contributed by atoms with Crippen LogP contribution in [0.4, 0.5) is 0 Å². The van der Waals surface area contributed by atoms with Crippen LogP contribution in [0.2, 0.25) is 0 Å². The Kier molecular flexibility index (Phi) is 10.5. The van der Waals surface area contributed by atoms with E-state index in [1.807, 2.05) is 6.92 Å². The summed E-state index contributed by atoms with van der Waals surface area (Å²) in [5.74, 6) is 2.33. The topological polar surface area (TPSA) is 36.9 Å². The lowest BCUT2D eigenvalue weighted by atomic mass is 10.7. The van der Waals surface area contributed by atoms with Crippen molar-refractivity contribution in [2.24, 2.45) is 0 Å². The van der Waals surface area contributed by atoms with Gasteiger partial charge in [-0.2, -0.15) is 0 Å². The average molecular weight is 315 g/mol. The molecule has 0 aromatic carbocycles. The molecule has 0 unspecified atom stereocenters. The first kappa shape index (κ1) is 20.6. The van der Waals surface area contributed by atoms with Gasteiger partial charge in [0.15, 0.2) is 0 Å². The molecule has 0 saturated heterocycles. The second-order valence-corrected chi connectivity index (χ2v) is 6.76. The molecule has 0 aliphatic heterocycles. The molecule has 0 aliphatic carbocycles. The molecule has 0 saturated carbocycles. The van der Waals surface area contributed by atoms with Crippen LogP contribution in [-0.4, -0.2) is 19.3 Å². The molecule has 20 heavy (non-hydrogen) atoms. The first-order valence-corrected chi connectivity index (χ1v) is 8.57. The van der Waals surface area contributed by atoms with Crippen LogP contribution < -0.4 is 0 Å². The summed E-state index contributed by atoms with van der Waals surface area (Å²) < 4.78 is 21.1. The van der Waals surface area contributed by atoms with E-state index in [0.29, 0.717) is 17.3 Å². The number of allylic oxidation sites excluding steroid dienone is 4. The number of hydrogen-bond donors (Lipinski definition) is 0. The SMILES string of the molecule is C=C(C)O[SiH3].C=C[Si](OC(=C)C)(OC(=C)C)OC(=C)C. The van der Waals surface area contributed by atoms with Crippen LogP contribution in [0.3, 0.4) is 0 Å². The second kappa shape index (κ2) is 10.2. The van der Waals surface area contributed by atoms with Crippen LogP contribution in [0.1, 0.15) is 27.7 Å². The van der Waals surface area contributed by atoms with Crippen LogP contribution in [0, 0.1) is 0 Å². The van der Waals surface area contributed by atoms with E-state index in [9.17, 15) is 0 Å². The zero-order valence-corrected chi connectivity index (χ0v) is 16.2. The lowest BCUT2D eigenvalue weighted by molar-refractivity contribution is 0.159. The van der Waals surface area contributed by atoms with Gasteiger partial charge in [0.1, 0.15) is 0 Å². The highest BCUT2D eigenvalue weighted by molar-refractivity contribution is 6.67. The van der Waals surface area contributed by atoms with Gasteiger partial charge >= 0.3 is 8.80 Å². The normalized spacial score (nSPS) is 9.40. The molecule has 0 spiro atoms. The Bertz CT molecular complexity index is 348. The van der Waals surface area contributed by atoms with Crippen LogP contribution in [0.15, 0.2) is 61.6 Å². The standard InChI is InChI=1S/C11H18O3Si.C3H8OSi/c1-8-15(12-9(2)3,13-10(4)5)14-11(6)7;1-3(2)4-5/h8H,1-2,4,6H2,3,5,7H3;1H2,2,5H3. The molecule has 0 aromatic heterocycles. The lowest BCUT2D eigenvalue weighted by Crippen LogP contribution is -2.42. The van der Waals surface area contributed by atoms with E-state index in [0.717, 1.165) is 16.2 Å². The van der Waals surface area contributed by atoms with E-state index in [1.165, 1.54) is 5.70 Å². The highest BCUT2D eigenvalue weighted by atomic mass is 28.4. The predicted molar refractivity (Wildman–Crippen MR) is 89.5 cm³/mol. The summed E-state index contributed by atoms with van der Waals surface area (Å²) in [6, 6.07) is 0. The maximum absolute atomic E-state index is 5.47. The lowest BCUT2D eigenvalue weighted by Gasteiger charge is -2.27. The van der Waals surface area contributed by atoms with E-state index < -0.39 is 8.80 Å². The third-order valence-electron chi connectivity index (χ3n) is 1.55. The van der Waals surface area contributed by atoms with Gasteiger partial charge in [0, 0.05) is 5.70 Å². The molecule has 114 valence electrons. The van der Waals surface area contributed by atoms with Crippen molar-refractivity contribution in [1.29, 1.82) is 0 Å². The van der Waals surface area contributed by atoms with Gasteiger partial charge in [0.2, 0.25) is 10.5 Å². The molecular weight excluding hydrogens is 288 g/mol. The monoisotopic (exact) mass is 314 g/mol. The molecule has 0 heterocycles. The minimum absolute atomic E-state index is 0.504. The van der Waals surface area contributed by atoms with Crippen LogP contribution in [0.25, 0.3) is 0 Å². The molecule has 0 amide bonds. The minimum Gasteiger partial charge on any atom is -0.557 e. The summed E-state index contributed by atoms with van der Waals surface area (Å²) in [6.07, 6.45) is 0. The minimum atomic E-state index is -2.99. The predicted octanol–water partition coefficient (Wildman–Crippen LogP) is 3.12. The Morgan fingerprint density at radius 3 is 1.15 bits per heavy atom. The van der Waals surface area contributed by atoms with Gasteiger partial charge in [-0.3, -0.25) is 0 Å². The van der Waals surface area contributed by atoms with Gasteiger partial charge in [-0.15, -0.1) is 0 Å². The van der Waals surface area contributed by atoms with Gasteiger partial charge in [-0.05, 0) is 27.7 Å². The van der Waals surface area contributed by atoms with Crippen molar-refractivity contribution in [3.05, 3.63) is 61.6 Å². The van der Waals surface area contributed by atoms with Crippen LogP contribution in [0.5, 0.6) is 0 Å². The molecule has 0 atom stereocenters. The Morgan fingerprint density at radius 1 is 0.800 bits per heavy atom. The molecule has 0 rings (SSSR count). The van der Waals surface area contributed by atoms with Crippen molar-refractivity contribution in [3.63, 3.8) is 0 Å². The summed E-state index contributed by atoms with van der Waals surface area (Å²) >= 11 is 0. The molecule has 0 N–H and O–H groups in total. The Morgan fingerprint density at radius 2 is 1.05 bits per heavy atom. The first-order valence-electron chi connectivity index (χ1n) is 5.95. The van der Waals surface area contributed by atoms with Crippen molar-refractivity contribution >= 4 is 19.3 Å². The van der Waals surface area contributed by atoms with Crippen LogP contribution >= 0.6 is 0 Å². The molecule has 0 fully saturated rings. The molecule has 4 nitrogen and oxygen atoms in total. The molecular formula is C14H26O4Si2. The van der Waals surface area contributed by atoms with E-state index in [2.05, 4.69) is 32.9 Å². The van der Waals surface area contributed by atoms with Crippen molar-refractivity contribution < 1.29 is 17.7 Å². The van der Waals surface area contributed by atoms with Gasteiger partial charge in [0.25, 0.3) is 0 Å². The molecule has 0 bridgehead atoms. The third-order valence-corrected chi connectivity index (χ3v) is 4.64. The summed E-state index contributed by atoms with van der Waals surface area (Å²) in [6.45, 7) is 25.1. The quantitative estimate of drug-likeness (QED) is 0.509.